The third kappa shape index (κ3) is 4.00. The van der Waals surface area contributed by atoms with E-state index in [1.807, 2.05) is 24.3 Å². The zero-order valence-electron chi connectivity index (χ0n) is 14.0. The Labute approximate surface area is 141 Å². The number of para-hydroxylation sites is 1. The van der Waals surface area contributed by atoms with Gasteiger partial charge in [-0.1, -0.05) is 42.5 Å². The standard InChI is InChI=1S/C19H22N4O/c1-14(12-23(2)13-15-8-4-3-5-9-15)20-19-21-17-11-7-6-10-16(17)18(24)22-19/h3-11,14H,12-13H2,1-2H3,(H2,20,21,22,24). The second-order valence-electron chi connectivity index (χ2n) is 6.16. The van der Waals surface area contributed by atoms with Crippen LogP contribution in [0.2, 0.25) is 0 Å². The third-order valence-corrected chi connectivity index (χ3v) is 3.88. The number of benzene rings is 2. The Morgan fingerprint density at radius 2 is 1.83 bits per heavy atom. The molecule has 1 unspecified atom stereocenters. The van der Waals surface area contributed by atoms with E-state index in [0.29, 0.717) is 16.9 Å². The first-order valence-corrected chi connectivity index (χ1v) is 8.10. The highest BCUT2D eigenvalue weighted by Gasteiger charge is 2.09. The molecule has 3 aromatic rings. The summed E-state index contributed by atoms with van der Waals surface area (Å²) < 4.78 is 0. The molecule has 124 valence electrons. The van der Waals surface area contributed by atoms with Crippen molar-refractivity contribution in [3.8, 4) is 0 Å². The molecule has 0 aliphatic carbocycles. The van der Waals surface area contributed by atoms with Gasteiger partial charge in [0.1, 0.15) is 0 Å². The van der Waals surface area contributed by atoms with Crippen LogP contribution in [-0.4, -0.2) is 34.5 Å². The van der Waals surface area contributed by atoms with E-state index in [-0.39, 0.29) is 11.6 Å². The van der Waals surface area contributed by atoms with Crippen molar-refractivity contribution >= 4 is 16.9 Å². The topological polar surface area (TPSA) is 61.0 Å². The van der Waals surface area contributed by atoms with Crippen molar-refractivity contribution in [1.29, 1.82) is 0 Å². The Morgan fingerprint density at radius 3 is 2.62 bits per heavy atom. The number of aromatic amines is 1. The van der Waals surface area contributed by atoms with Crippen LogP contribution < -0.4 is 10.9 Å². The average Bonchev–Trinajstić information content (AvgIpc) is 2.55. The van der Waals surface area contributed by atoms with E-state index in [0.717, 1.165) is 13.1 Å². The summed E-state index contributed by atoms with van der Waals surface area (Å²) in [5.74, 6) is 0.513. The van der Waals surface area contributed by atoms with E-state index in [9.17, 15) is 4.79 Å². The molecule has 2 N–H and O–H groups in total. The second-order valence-corrected chi connectivity index (χ2v) is 6.16. The minimum absolute atomic E-state index is 0.118. The van der Waals surface area contributed by atoms with Crippen molar-refractivity contribution in [1.82, 2.24) is 14.9 Å². The van der Waals surface area contributed by atoms with Gasteiger partial charge >= 0.3 is 0 Å². The Bertz CT molecular complexity index is 860. The Balaban J connectivity index is 1.64. The molecule has 0 aliphatic heterocycles. The maximum Gasteiger partial charge on any atom is 0.260 e. The first-order chi connectivity index (χ1) is 11.6. The summed E-state index contributed by atoms with van der Waals surface area (Å²) >= 11 is 0. The van der Waals surface area contributed by atoms with Crippen LogP contribution in [0.25, 0.3) is 10.9 Å². The molecule has 1 heterocycles. The fraction of sp³-hybridized carbons (Fsp3) is 0.263. The fourth-order valence-electron chi connectivity index (χ4n) is 2.86. The smallest absolute Gasteiger partial charge is 0.260 e. The highest BCUT2D eigenvalue weighted by atomic mass is 16.1. The molecule has 0 saturated carbocycles. The lowest BCUT2D eigenvalue weighted by molar-refractivity contribution is 0.316. The van der Waals surface area contributed by atoms with E-state index in [2.05, 4.69) is 58.4 Å². The number of nitrogens with one attached hydrogen (secondary N) is 2. The summed E-state index contributed by atoms with van der Waals surface area (Å²) in [7, 11) is 2.09. The van der Waals surface area contributed by atoms with Gasteiger partial charge in [0.2, 0.25) is 5.95 Å². The van der Waals surface area contributed by atoms with Crippen molar-refractivity contribution in [2.45, 2.75) is 19.5 Å². The first kappa shape index (κ1) is 16.2. The van der Waals surface area contributed by atoms with Crippen LogP contribution >= 0.6 is 0 Å². The van der Waals surface area contributed by atoms with E-state index in [4.69, 9.17) is 0 Å². The zero-order valence-corrected chi connectivity index (χ0v) is 14.0. The molecule has 2 aromatic carbocycles. The normalized spacial score (nSPS) is 12.5. The maximum absolute atomic E-state index is 12.1. The quantitative estimate of drug-likeness (QED) is 0.732. The molecule has 0 amide bonds. The first-order valence-electron chi connectivity index (χ1n) is 8.10. The number of fused-ring (bicyclic) bond motifs is 1. The van der Waals surface area contributed by atoms with Gasteiger partial charge in [0, 0.05) is 19.1 Å². The fourth-order valence-corrected chi connectivity index (χ4v) is 2.86. The van der Waals surface area contributed by atoms with Gasteiger partial charge in [-0.3, -0.25) is 9.78 Å². The highest BCUT2D eigenvalue weighted by Crippen LogP contribution is 2.09. The molecule has 0 bridgehead atoms. The lowest BCUT2D eigenvalue weighted by Crippen LogP contribution is -2.33. The lowest BCUT2D eigenvalue weighted by Gasteiger charge is -2.22. The van der Waals surface area contributed by atoms with Gasteiger partial charge < -0.3 is 10.2 Å². The van der Waals surface area contributed by atoms with E-state index in [1.165, 1.54) is 5.56 Å². The predicted molar refractivity (Wildman–Crippen MR) is 98.2 cm³/mol. The number of hydrogen-bond acceptors (Lipinski definition) is 4. The molecule has 0 saturated heterocycles. The van der Waals surface area contributed by atoms with Crippen LogP contribution in [-0.2, 0) is 6.54 Å². The molecule has 5 nitrogen and oxygen atoms in total. The average molecular weight is 322 g/mol. The van der Waals surface area contributed by atoms with Crippen LogP contribution in [0, 0.1) is 0 Å². The molecule has 24 heavy (non-hydrogen) atoms. The van der Waals surface area contributed by atoms with Gasteiger partial charge in [0.25, 0.3) is 5.56 Å². The van der Waals surface area contributed by atoms with Gasteiger partial charge in [0.05, 0.1) is 10.9 Å². The Hall–Kier alpha value is -2.66. The number of anilines is 1. The minimum atomic E-state index is -0.118. The van der Waals surface area contributed by atoms with Crippen LogP contribution in [0.1, 0.15) is 12.5 Å². The van der Waals surface area contributed by atoms with Crippen molar-refractivity contribution in [3.05, 3.63) is 70.5 Å². The van der Waals surface area contributed by atoms with E-state index in [1.54, 1.807) is 6.07 Å². The molecule has 0 radical (unpaired) electrons. The van der Waals surface area contributed by atoms with Crippen LogP contribution in [0.4, 0.5) is 5.95 Å². The summed E-state index contributed by atoms with van der Waals surface area (Å²) in [6.45, 7) is 3.80. The van der Waals surface area contributed by atoms with Crippen molar-refractivity contribution in [3.63, 3.8) is 0 Å². The Morgan fingerprint density at radius 1 is 1.12 bits per heavy atom. The molecule has 1 aromatic heterocycles. The number of rotatable bonds is 6. The van der Waals surface area contributed by atoms with E-state index >= 15 is 0 Å². The summed E-state index contributed by atoms with van der Waals surface area (Å²) in [5.41, 5.74) is 1.87. The van der Waals surface area contributed by atoms with Crippen LogP contribution in [0.15, 0.2) is 59.4 Å². The van der Waals surface area contributed by atoms with Crippen molar-refractivity contribution in [2.75, 3.05) is 18.9 Å². The molecule has 1 atom stereocenters. The number of hydrogen-bond donors (Lipinski definition) is 2. The molecular formula is C19H22N4O. The molecule has 0 spiro atoms. The minimum Gasteiger partial charge on any atom is -0.352 e. The van der Waals surface area contributed by atoms with Gasteiger partial charge in [0.15, 0.2) is 0 Å². The summed E-state index contributed by atoms with van der Waals surface area (Å²) in [6, 6.07) is 17.9. The van der Waals surface area contributed by atoms with Gasteiger partial charge in [-0.15, -0.1) is 0 Å². The maximum atomic E-state index is 12.1. The molecule has 0 fully saturated rings. The number of H-pyrrole nitrogens is 1. The molecule has 3 rings (SSSR count). The van der Waals surface area contributed by atoms with Crippen LogP contribution in [0.5, 0.6) is 0 Å². The van der Waals surface area contributed by atoms with Gasteiger partial charge in [-0.25, -0.2) is 4.98 Å². The second kappa shape index (κ2) is 7.27. The predicted octanol–water partition coefficient (Wildman–Crippen LogP) is 2.86. The Kier molecular flexibility index (Phi) is 4.91. The number of nitrogens with zero attached hydrogens (tertiary/aromatic N) is 2. The lowest BCUT2D eigenvalue weighted by atomic mass is 10.2. The molecule has 0 aliphatic rings. The van der Waals surface area contributed by atoms with Crippen molar-refractivity contribution < 1.29 is 0 Å². The number of likely N-dealkylation sites (N-methyl/N-ethyl adjacent to an activating group) is 1. The van der Waals surface area contributed by atoms with Gasteiger partial charge in [-0.2, -0.15) is 0 Å². The molecule has 5 heteroatoms. The highest BCUT2D eigenvalue weighted by molar-refractivity contribution is 5.78. The van der Waals surface area contributed by atoms with Gasteiger partial charge in [-0.05, 0) is 31.7 Å². The largest absolute Gasteiger partial charge is 0.352 e. The zero-order chi connectivity index (χ0) is 16.9. The molecular weight excluding hydrogens is 300 g/mol. The summed E-state index contributed by atoms with van der Waals surface area (Å²) in [4.78, 5) is 21.6. The van der Waals surface area contributed by atoms with Crippen LogP contribution in [0.3, 0.4) is 0 Å². The van der Waals surface area contributed by atoms with E-state index < -0.39 is 0 Å². The van der Waals surface area contributed by atoms with Crippen molar-refractivity contribution in [2.24, 2.45) is 0 Å². The third-order valence-electron chi connectivity index (χ3n) is 3.88. The SMILES string of the molecule is CC(CN(C)Cc1ccccc1)Nc1nc2ccccc2c(=O)[nH]1. The number of aromatic nitrogens is 2. The monoisotopic (exact) mass is 322 g/mol. The summed E-state index contributed by atoms with van der Waals surface area (Å²) in [6.07, 6.45) is 0. The summed E-state index contributed by atoms with van der Waals surface area (Å²) in [5, 5.41) is 3.89.